The molecule has 2 atom stereocenters. The van der Waals surface area contributed by atoms with E-state index in [1.807, 2.05) is 0 Å². The fraction of sp³-hybridized carbons (Fsp3) is 0.922. The fourth-order valence-corrected chi connectivity index (χ4v) is 12.2. The van der Waals surface area contributed by atoms with Crippen molar-refractivity contribution in [1.29, 1.82) is 0 Å². The molecule has 0 saturated heterocycles. The Morgan fingerprint density at radius 2 is 0.566 bits per heavy atom. The van der Waals surface area contributed by atoms with E-state index in [2.05, 4.69) is 43.5 Å². The Balaban J connectivity index is 3.33. The van der Waals surface area contributed by atoms with Crippen LogP contribution in [-0.2, 0) is 14.3 Å². The normalized spacial score (nSPS) is 12.6. The van der Waals surface area contributed by atoms with Crippen LogP contribution in [0.3, 0.4) is 0 Å². The summed E-state index contributed by atoms with van der Waals surface area (Å²) in [7, 11) is 0. The number of rotatable bonds is 72. The van der Waals surface area contributed by atoms with Crippen LogP contribution in [0.25, 0.3) is 0 Å². The van der Waals surface area contributed by atoms with Gasteiger partial charge < -0.3 is 20.3 Å². The number of hydrogen-bond donors (Lipinski definition) is 3. The molecular weight excluding hydrogens is 1020 g/mol. The van der Waals surface area contributed by atoms with Crippen LogP contribution in [-0.4, -0.2) is 47.4 Å². The van der Waals surface area contributed by atoms with Gasteiger partial charge in [-0.05, 0) is 77.0 Å². The summed E-state index contributed by atoms with van der Waals surface area (Å²) in [5.41, 5.74) is 0. The third-order valence-electron chi connectivity index (χ3n) is 18.0. The second-order valence-electron chi connectivity index (χ2n) is 26.3. The van der Waals surface area contributed by atoms with E-state index in [9.17, 15) is 19.8 Å². The highest BCUT2D eigenvalue weighted by Gasteiger charge is 2.20. The van der Waals surface area contributed by atoms with Gasteiger partial charge in [0, 0.05) is 12.8 Å². The second-order valence-corrected chi connectivity index (χ2v) is 26.3. The summed E-state index contributed by atoms with van der Waals surface area (Å²) in [6.45, 7) is 4.99. The average molecular weight is 1170 g/mol. The maximum Gasteiger partial charge on any atom is 0.305 e. The van der Waals surface area contributed by atoms with Crippen molar-refractivity contribution in [3.8, 4) is 0 Å². The van der Waals surface area contributed by atoms with Crippen molar-refractivity contribution in [2.24, 2.45) is 0 Å². The molecular formula is C77H149NO5. The Kier molecular flexibility index (Phi) is 71.4. The standard InChI is InChI=1S/C77H149NO5/c1-3-5-7-9-11-13-15-17-19-20-39-43-47-51-55-59-63-67-71-77(82)83-72-68-64-60-56-52-48-44-40-37-35-33-31-29-27-25-23-21-22-24-26-28-30-32-34-36-38-42-46-50-54-58-62-66-70-76(81)78-74(73-79)75(80)69-65-61-57-53-49-45-41-18-16-14-12-10-8-6-4-2/h19-20,25,27,74-75,79-80H,3-18,21-24,26,28-73H2,1-2H3,(H,78,81)/b20-19-,27-25-. The summed E-state index contributed by atoms with van der Waals surface area (Å²) >= 11 is 0. The van der Waals surface area contributed by atoms with Crippen molar-refractivity contribution in [3.05, 3.63) is 24.3 Å². The Labute approximate surface area is 520 Å². The van der Waals surface area contributed by atoms with Crippen LogP contribution in [0.15, 0.2) is 24.3 Å². The third kappa shape index (κ3) is 69.3. The molecule has 0 aliphatic rings. The third-order valence-corrected chi connectivity index (χ3v) is 18.0. The fourth-order valence-electron chi connectivity index (χ4n) is 12.2. The van der Waals surface area contributed by atoms with Gasteiger partial charge in [-0.1, -0.05) is 366 Å². The van der Waals surface area contributed by atoms with E-state index >= 15 is 0 Å². The van der Waals surface area contributed by atoms with Crippen LogP contribution >= 0.6 is 0 Å². The number of esters is 1. The van der Waals surface area contributed by atoms with E-state index in [0.717, 1.165) is 44.9 Å². The maximum atomic E-state index is 12.5. The molecule has 6 heteroatoms. The van der Waals surface area contributed by atoms with E-state index in [-0.39, 0.29) is 18.5 Å². The van der Waals surface area contributed by atoms with Crippen LogP contribution in [0.2, 0.25) is 0 Å². The number of ether oxygens (including phenoxy) is 1. The minimum atomic E-state index is -0.662. The van der Waals surface area contributed by atoms with E-state index in [4.69, 9.17) is 4.74 Å². The van der Waals surface area contributed by atoms with Gasteiger partial charge in [0.1, 0.15) is 0 Å². The first-order chi connectivity index (χ1) is 41.0. The number of amides is 1. The van der Waals surface area contributed by atoms with Crippen LogP contribution in [0.1, 0.15) is 431 Å². The molecule has 1 amide bonds. The van der Waals surface area contributed by atoms with Gasteiger partial charge in [-0.25, -0.2) is 0 Å². The lowest BCUT2D eigenvalue weighted by atomic mass is 10.0. The van der Waals surface area contributed by atoms with E-state index in [1.165, 1.54) is 353 Å². The molecule has 0 aromatic rings. The summed E-state index contributed by atoms with van der Waals surface area (Å²) in [4.78, 5) is 24.6. The first-order valence-electron chi connectivity index (χ1n) is 38.1. The van der Waals surface area contributed by atoms with Gasteiger partial charge >= 0.3 is 5.97 Å². The number of carbonyl (C=O) groups is 2. The summed E-state index contributed by atoms with van der Waals surface area (Å²) in [5.74, 6) is -0.0119. The molecule has 0 aromatic heterocycles. The molecule has 0 aliphatic carbocycles. The highest BCUT2D eigenvalue weighted by Crippen LogP contribution is 2.19. The van der Waals surface area contributed by atoms with Crippen LogP contribution in [0.4, 0.5) is 0 Å². The molecule has 2 unspecified atom stereocenters. The molecule has 0 heterocycles. The number of nitrogens with one attached hydrogen (secondary N) is 1. The summed E-state index contributed by atoms with van der Waals surface area (Å²) in [6, 6.07) is -0.539. The Morgan fingerprint density at radius 3 is 0.855 bits per heavy atom. The topological polar surface area (TPSA) is 95.9 Å². The van der Waals surface area contributed by atoms with Gasteiger partial charge in [0.2, 0.25) is 5.91 Å². The molecule has 0 spiro atoms. The number of aliphatic hydroxyl groups is 2. The molecule has 0 radical (unpaired) electrons. The number of hydrogen-bond acceptors (Lipinski definition) is 5. The van der Waals surface area contributed by atoms with Crippen LogP contribution in [0.5, 0.6) is 0 Å². The zero-order valence-corrected chi connectivity index (χ0v) is 56.5. The first kappa shape index (κ1) is 81.3. The molecule has 0 bridgehead atoms. The smallest absolute Gasteiger partial charge is 0.305 e. The molecule has 0 saturated carbocycles. The summed E-state index contributed by atoms with van der Waals surface area (Å²) < 4.78 is 5.51. The minimum Gasteiger partial charge on any atom is -0.466 e. The van der Waals surface area contributed by atoms with Crippen molar-refractivity contribution < 1.29 is 24.5 Å². The molecule has 6 nitrogen and oxygen atoms in total. The quantitative estimate of drug-likeness (QED) is 0.0320. The van der Waals surface area contributed by atoms with Gasteiger partial charge in [-0.15, -0.1) is 0 Å². The lowest BCUT2D eigenvalue weighted by molar-refractivity contribution is -0.143. The SMILES string of the molecule is CCCCCCCCC/C=C\CCCCCCCCCC(=O)OCCCCCCCCCCCCCC/C=C\CCCCCCCCCCCCCCCCCCCC(=O)NC(CO)C(O)CCCCCCCCCCCCCCCCC. The van der Waals surface area contributed by atoms with Crippen molar-refractivity contribution in [1.82, 2.24) is 5.32 Å². The van der Waals surface area contributed by atoms with Gasteiger partial charge in [0.15, 0.2) is 0 Å². The Hall–Kier alpha value is -1.66. The maximum absolute atomic E-state index is 12.5. The first-order valence-corrected chi connectivity index (χ1v) is 38.1. The molecule has 0 aliphatic heterocycles. The predicted octanol–water partition coefficient (Wildman–Crippen LogP) is 24.9. The van der Waals surface area contributed by atoms with Gasteiger partial charge in [-0.2, -0.15) is 0 Å². The van der Waals surface area contributed by atoms with Gasteiger partial charge in [-0.3, -0.25) is 9.59 Å². The van der Waals surface area contributed by atoms with Crippen molar-refractivity contribution in [2.75, 3.05) is 13.2 Å². The number of unbranched alkanes of at least 4 members (excludes halogenated alkanes) is 57. The summed E-state index contributed by atoms with van der Waals surface area (Å²) in [5, 5.41) is 23.3. The zero-order valence-electron chi connectivity index (χ0n) is 56.5. The van der Waals surface area contributed by atoms with Gasteiger partial charge in [0.25, 0.3) is 0 Å². The largest absolute Gasteiger partial charge is 0.466 e. The predicted molar refractivity (Wildman–Crippen MR) is 366 cm³/mol. The van der Waals surface area contributed by atoms with Crippen LogP contribution < -0.4 is 5.32 Å². The van der Waals surface area contributed by atoms with E-state index in [1.54, 1.807) is 0 Å². The van der Waals surface area contributed by atoms with E-state index < -0.39 is 12.1 Å². The Bertz CT molecular complexity index is 1300. The molecule has 0 aromatic carbocycles. The highest BCUT2D eigenvalue weighted by atomic mass is 16.5. The average Bonchev–Trinajstić information content (AvgIpc) is 3.48. The molecule has 3 N–H and O–H groups in total. The molecule has 492 valence electrons. The lowest BCUT2D eigenvalue weighted by Gasteiger charge is -2.22. The number of aliphatic hydroxyl groups excluding tert-OH is 2. The minimum absolute atomic E-state index is 0.0167. The number of allylic oxidation sites excluding steroid dienone is 4. The summed E-state index contributed by atoms with van der Waals surface area (Å²) in [6.07, 6.45) is 92.6. The Morgan fingerprint density at radius 1 is 0.325 bits per heavy atom. The number of carbonyl (C=O) groups excluding carboxylic acids is 2. The molecule has 0 fully saturated rings. The molecule has 83 heavy (non-hydrogen) atoms. The monoisotopic (exact) mass is 1170 g/mol. The van der Waals surface area contributed by atoms with Crippen molar-refractivity contribution in [3.63, 3.8) is 0 Å². The van der Waals surface area contributed by atoms with E-state index in [0.29, 0.717) is 25.9 Å². The highest BCUT2D eigenvalue weighted by molar-refractivity contribution is 5.76. The second kappa shape index (κ2) is 72.8. The molecule has 0 rings (SSSR count). The van der Waals surface area contributed by atoms with Crippen LogP contribution in [0, 0.1) is 0 Å². The van der Waals surface area contributed by atoms with Crippen molar-refractivity contribution in [2.45, 2.75) is 443 Å². The van der Waals surface area contributed by atoms with Gasteiger partial charge in [0.05, 0.1) is 25.4 Å². The zero-order chi connectivity index (χ0) is 59.9. The lowest BCUT2D eigenvalue weighted by Crippen LogP contribution is -2.45. The van der Waals surface area contributed by atoms with Crippen molar-refractivity contribution >= 4 is 11.9 Å².